The number of aliphatic hydroxyl groups is 1. The van der Waals surface area contributed by atoms with E-state index in [4.69, 9.17) is 0 Å². The van der Waals surface area contributed by atoms with E-state index in [0.717, 1.165) is 25.9 Å². The number of hydrogen-bond acceptors (Lipinski definition) is 4. The Morgan fingerprint density at radius 1 is 1.47 bits per heavy atom. The van der Waals surface area contributed by atoms with Crippen molar-refractivity contribution in [1.29, 1.82) is 0 Å². The Hall–Kier alpha value is -0.450. The highest BCUT2D eigenvalue weighted by atomic mass is 32.1. The van der Waals surface area contributed by atoms with Crippen LogP contribution in [0.2, 0.25) is 0 Å². The fourth-order valence-corrected chi connectivity index (χ4v) is 3.63. The van der Waals surface area contributed by atoms with E-state index in [1.54, 1.807) is 11.3 Å². The molecule has 1 saturated heterocycles. The second-order valence-corrected chi connectivity index (χ2v) is 6.59. The molecule has 1 aromatic heterocycles. The standard InChI is InChI=1S/C15H26N2OS/c1-3-15-16-13(11-19-15)10-17-8-6-4-5-7-14(17)9-12(2)18/h11-12,14,18H,3-10H2,1-2H3. The van der Waals surface area contributed by atoms with Gasteiger partial charge in [0, 0.05) is 18.0 Å². The summed E-state index contributed by atoms with van der Waals surface area (Å²) in [5.41, 5.74) is 1.21. The maximum atomic E-state index is 9.68. The molecule has 0 saturated carbocycles. The average molecular weight is 282 g/mol. The highest BCUT2D eigenvalue weighted by Crippen LogP contribution is 2.23. The van der Waals surface area contributed by atoms with E-state index in [1.165, 1.54) is 36.4 Å². The lowest BCUT2D eigenvalue weighted by Crippen LogP contribution is -2.36. The first-order valence-corrected chi connectivity index (χ1v) is 8.42. The molecule has 0 aromatic carbocycles. The van der Waals surface area contributed by atoms with Crippen LogP contribution < -0.4 is 0 Å². The highest BCUT2D eigenvalue weighted by Gasteiger charge is 2.23. The zero-order chi connectivity index (χ0) is 13.7. The summed E-state index contributed by atoms with van der Waals surface area (Å²) in [7, 11) is 0. The third-order valence-corrected chi connectivity index (χ3v) is 4.92. The van der Waals surface area contributed by atoms with Gasteiger partial charge >= 0.3 is 0 Å². The summed E-state index contributed by atoms with van der Waals surface area (Å²) in [4.78, 5) is 7.22. The molecule has 0 spiro atoms. The Morgan fingerprint density at radius 2 is 2.32 bits per heavy atom. The van der Waals surface area contributed by atoms with Gasteiger partial charge in [0.1, 0.15) is 0 Å². The van der Waals surface area contributed by atoms with Gasteiger partial charge in [0.2, 0.25) is 0 Å². The van der Waals surface area contributed by atoms with Crippen LogP contribution in [-0.2, 0) is 13.0 Å². The molecule has 1 aliphatic rings. The molecule has 2 atom stereocenters. The van der Waals surface area contributed by atoms with Crippen molar-refractivity contribution in [1.82, 2.24) is 9.88 Å². The molecule has 2 rings (SSSR count). The molecule has 2 heterocycles. The molecule has 1 N–H and O–H groups in total. The monoisotopic (exact) mass is 282 g/mol. The number of hydrogen-bond donors (Lipinski definition) is 1. The van der Waals surface area contributed by atoms with Crippen LogP contribution in [0.3, 0.4) is 0 Å². The van der Waals surface area contributed by atoms with E-state index >= 15 is 0 Å². The second kappa shape index (κ2) is 7.36. The topological polar surface area (TPSA) is 36.4 Å². The SMILES string of the molecule is CCc1nc(CN2CCCCCC2CC(C)O)cs1. The summed E-state index contributed by atoms with van der Waals surface area (Å²) in [6.07, 6.45) is 6.84. The Morgan fingerprint density at radius 3 is 3.00 bits per heavy atom. The predicted molar refractivity (Wildman–Crippen MR) is 80.5 cm³/mol. The molecule has 3 nitrogen and oxygen atoms in total. The van der Waals surface area contributed by atoms with Crippen LogP contribution in [0.4, 0.5) is 0 Å². The van der Waals surface area contributed by atoms with Crippen molar-refractivity contribution < 1.29 is 5.11 Å². The van der Waals surface area contributed by atoms with E-state index < -0.39 is 0 Å². The molecular formula is C15H26N2OS. The van der Waals surface area contributed by atoms with E-state index in [1.807, 2.05) is 6.92 Å². The van der Waals surface area contributed by atoms with Gasteiger partial charge in [-0.3, -0.25) is 4.90 Å². The van der Waals surface area contributed by atoms with E-state index in [9.17, 15) is 5.11 Å². The molecule has 0 amide bonds. The van der Waals surface area contributed by atoms with Crippen molar-refractivity contribution >= 4 is 11.3 Å². The molecule has 4 heteroatoms. The summed E-state index contributed by atoms with van der Waals surface area (Å²) >= 11 is 1.77. The zero-order valence-corrected chi connectivity index (χ0v) is 13.0. The van der Waals surface area contributed by atoms with Crippen LogP contribution in [0.1, 0.15) is 56.7 Å². The normalized spacial score (nSPS) is 23.2. The smallest absolute Gasteiger partial charge is 0.0926 e. The van der Waals surface area contributed by atoms with E-state index in [-0.39, 0.29) is 6.10 Å². The van der Waals surface area contributed by atoms with Crippen LogP contribution in [0.5, 0.6) is 0 Å². The first-order valence-electron chi connectivity index (χ1n) is 7.54. The molecule has 2 unspecified atom stereocenters. The van der Waals surface area contributed by atoms with Crippen LogP contribution in [-0.4, -0.2) is 33.7 Å². The van der Waals surface area contributed by atoms with Crippen molar-refractivity contribution in [3.63, 3.8) is 0 Å². The summed E-state index contributed by atoms with van der Waals surface area (Å²) in [5.74, 6) is 0. The van der Waals surface area contributed by atoms with Crippen LogP contribution in [0.25, 0.3) is 0 Å². The molecule has 0 aliphatic carbocycles. The van der Waals surface area contributed by atoms with Gasteiger partial charge in [0.05, 0.1) is 16.8 Å². The molecular weight excluding hydrogens is 256 g/mol. The number of aryl methyl sites for hydroxylation is 1. The molecule has 0 radical (unpaired) electrons. The van der Waals surface area contributed by atoms with Gasteiger partial charge < -0.3 is 5.11 Å². The van der Waals surface area contributed by atoms with Crippen molar-refractivity contribution in [2.45, 2.75) is 71.1 Å². The minimum Gasteiger partial charge on any atom is -0.393 e. The zero-order valence-electron chi connectivity index (χ0n) is 12.1. The van der Waals surface area contributed by atoms with E-state index in [2.05, 4.69) is 22.2 Å². The number of thiazole rings is 1. The Balaban J connectivity index is 2.00. The van der Waals surface area contributed by atoms with Gasteiger partial charge in [-0.1, -0.05) is 19.8 Å². The summed E-state index contributed by atoms with van der Waals surface area (Å²) in [5, 5.41) is 13.1. The molecule has 108 valence electrons. The largest absolute Gasteiger partial charge is 0.393 e. The molecule has 0 bridgehead atoms. The minimum atomic E-state index is -0.202. The predicted octanol–water partition coefficient (Wildman–Crippen LogP) is 3.22. The number of likely N-dealkylation sites (tertiary alicyclic amines) is 1. The Labute approximate surface area is 120 Å². The lowest BCUT2D eigenvalue weighted by atomic mass is 10.0. The quantitative estimate of drug-likeness (QED) is 0.901. The molecule has 19 heavy (non-hydrogen) atoms. The third kappa shape index (κ3) is 4.55. The summed E-state index contributed by atoms with van der Waals surface area (Å²) in [6.45, 7) is 6.16. The Kier molecular flexibility index (Phi) is 5.79. The average Bonchev–Trinajstić information content (AvgIpc) is 2.72. The van der Waals surface area contributed by atoms with Gasteiger partial charge in [-0.2, -0.15) is 0 Å². The van der Waals surface area contributed by atoms with Gasteiger partial charge in [-0.25, -0.2) is 4.98 Å². The summed E-state index contributed by atoms with van der Waals surface area (Å²) in [6, 6.07) is 0.522. The van der Waals surface area contributed by atoms with Gasteiger partial charge in [0.15, 0.2) is 0 Å². The van der Waals surface area contributed by atoms with Crippen molar-refractivity contribution in [3.05, 3.63) is 16.1 Å². The molecule has 1 aliphatic heterocycles. The maximum absolute atomic E-state index is 9.68. The molecule has 1 aromatic rings. The van der Waals surface area contributed by atoms with Crippen molar-refractivity contribution in [2.75, 3.05) is 6.54 Å². The Bertz CT molecular complexity index is 378. The van der Waals surface area contributed by atoms with Crippen LogP contribution >= 0.6 is 11.3 Å². The lowest BCUT2D eigenvalue weighted by Gasteiger charge is -2.30. The number of nitrogens with zero attached hydrogens (tertiary/aromatic N) is 2. The number of rotatable bonds is 5. The number of aromatic nitrogens is 1. The fourth-order valence-electron chi connectivity index (χ4n) is 2.90. The van der Waals surface area contributed by atoms with Crippen LogP contribution in [0, 0.1) is 0 Å². The highest BCUT2D eigenvalue weighted by molar-refractivity contribution is 7.09. The minimum absolute atomic E-state index is 0.202. The third-order valence-electron chi connectivity index (χ3n) is 3.88. The fraction of sp³-hybridized carbons (Fsp3) is 0.800. The van der Waals surface area contributed by atoms with Gasteiger partial charge in [-0.15, -0.1) is 11.3 Å². The first kappa shape index (κ1) is 14.9. The van der Waals surface area contributed by atoms with Gasteiger partial charge in [-0.05, 0) is 39.2 Å². The van der Waals surface area contributed by atoms with Crippen LogP contribution in [0.15, 0.2) is 5.38 Å². The van der Waals surface area contributed by atoms with Gasteiger partial charge in [0.25, 0.3) is 0 Å². The maximum Gasteiger partial charge on any atom is 0.0926 e. The van der Waals surface area contributed by atoms with E-state index in [0.29, 0.717) is 6.04 Å². The summed E-state index contributed by atoms with van der Waals surface area (Å²) < 4.78 is 0. The first-order chi connectivity index (χ1) is 9.19. The second-order valence-electron chi connectivity index (χ2n) is 5.64. The van der Waals surface area contributed by atoms with Crippen molar-refractivity contribution in [2.24, 2.45) is 0 Å². The van der Waals surface area contributed by atoms with Crippen molar-refractivity contribution in [3.8, 4) is 0 Å². The lowest BCUT2D eigenvalue weighted by molar-refractivity contribution is 0.107. The molecule has 1 fully saturated rings. The number of aliphatic hydroxyl groups excluding tert-OH is 1.